The van der Waals surface area contributed by atoms with Gasteiger partial charge < -0.3 is 15.6 Å². The van der Waals surface area contributed by atoms with Gasteiger partial charge in [0.05, 0.1) is 36.5 Å². The Kier molecular flexibility index (Phi) is 4.80. The molecule has 7 nitrogen and oxygen atoms in total. The van der Waals surface area contributed by atoms with Crippen molar-refractivity contribution in [1.29, 1.82) is 0 Å². The summed E-state index contributed by atoms with van der Waals surface area (Å²) in [6.45, 7) is 9.42. The van der Waals surface area contributed by atoms with Crippen molar-refractivity contribution in [3.63, 3.8) is 0 Å². The largest absolute Gasteiger partial charge is 0.496 e. The van der Waals surface area contributed by atoms with Crippen LogP contribution in [-0.2, 0) is 0 Å². The Morgan fingerprint density at radius 3 is 2.67 bits per heavy atom. The first-order chi connectivity index (χ1) is 15.8. The first-order valence-corrected chi connectivity index (χ1v) is 10.5. The van der Waals surface area contributed by atoms with Gasteiger partial charge in [-0.15, -0.1) is 0 Å². The summed E-state index contributed by atoms with van der Waals surface area (Å²) in [7, 11) is 1.57. The summed E-state index contributed by atoms with van der Waals surface area (Å²) in [5.74, 6) is 0.553. The minimum atomic E-state index is -0.738. The van der Waals surface area contributed by atoms with Crippen LogP contribution in [0.5, 0.6) is 5.75 Å². The van der Waals surface area contributed by atoms with Gasteiger partial charge in [-0.2, -0.15) is 5.10 Å². The third-order valence-corrected chi connectivity index (χ3v) is 6.12. The number of pyridine rings is 1. The number of ether oxygens (including phenoxy) is 1. The molecular weight excluding hydrogens is 421 g/mol. The zero-order valence-electron chi connectivity index (χ0n) is 18.2. The van der Waals surface area contributed by atoms with Gasteiger partial charge in [0, 0.05) is 17.0 Å². The SMILES string of the molecule is [C-]#[N+]c1c(-c2ccc3c(OC)cc(-c4cccc(F)c4)nc3c2)nn(C2CC(C)(O)C2)c1N. The fourth-order valence-corrected chi connectivity index (χ4v) is 4.46. The number of hydrogen-bond donors (Lipinski definition) is 2. The summed E-state index contributed by atoms with van der Waals surface area (Å²) < 4.78 is 21.0. The first kappa shape index (κ1) is 20.9. The van der Waals surface area contributed by atoms with Crippen molar-refractivity contribution in [3.8, 4) is 28.3 Å². The summed E-state index contributed by atoms with van der Waals surface area (Å²) in [6.07, 6.45) is 1.06. The lowest BCUT2D eigenvalue weighted by Gasteiger charge is -2.41. The predicted octanol–water partition coefficient (Wildman–Crippen LogP) is 5.13. The van der Waals surface area contributed by atoms with E-state index in [0.29, 0.717) is 52.4 Å². The fraction of sp³-hybridized carbons (Fsp3) is 0.240. The number of benzene rings is 2. The molecule has 0 atom stereocenters. The van der Waals surface area contributed by atoms with Crippen molar-refractivity contribution in [2.24, 2.45) is 0 Å². The maximum Gasteiger partial charge on any atom is 0.254 e. The Bertz CT molecular complexity index is 1430. The zero-order valence-corrected chi connectivity index (χ0v) is 18.2. The van der Waals surface area contributed by atoms with E-state index < -0.39 is 5.60 Å². The summed E-state index contributed by atoms with van der Waals surface area (Å²) in [5.41, 5.74) is 8.78. The van der Waals surface area contributed by atoms with E-state index in [-0.39, 0.29) is 17.5 Å². The predicted molar refractivity (Wildman–Crippen MR) is 124 cm³/mol. The lowest BCUT2D eigenvalue weighted by molar-refractivity contribution is -0.0535. The molecule has 0 aliphatic heterocycles. The molecule has 0 saturated heterocycles. The fourth-order valence-electron chi connectivity index (χ4n) is 4.46. The lowest BCUT2D eigenvalue weighted by Crippen LogP contribution is -2.42. The van der Waals surface area contributed by atoms with Crippen LogP contribution in [0.3, 0.4) is 0 Å². The van der Waals surface area contributed by atoms with Crippen LogP contribution in [-0.4, -0.2) is 32.6 Å². The molecule has 8 heteroatoms. The Balaban J connectivity index is 1.63. The van der Waals surface area contributed by atoms with Crippen LogP contribution < -0.4 is 10.5 Å². The Hall–Kier alpha value is -3.96. The minimum Gasteiger partial charge on any atom is -0.496 e. The molecule has 2 heterocycles. The summed E-state index contributed by atoms with van der Waals surface area (Å²) in [6, 6.07) is 13.5. The molecule has 0 amide bonds. The van der Waals surface area contributed by atoms with Gasteiger partial charge in [0.15, 0.2) is 0 Å². The molecule has 0 radical (unpaired) electrons. The van der Waals surface area contributed by atoms with Crippen molar-refractivity contribution in [1.82, 2.24) is 14.8 Å². The van der Waals surface area contributed by atoms with Crippen molar-refractivity contribution >= 4 is 22.4 Å². The molecule has 33 heavy (non-hydrogen) atoms. The molecular formula is C25H22FN5O2. The van der Waals surface area contributed by atoms with Crippen LogP contribution >= 0.6 is 0 Å². The molecule has 166 valence electrons. The average molecular weight is 443 g/mol. The Morgan fingerprint density at radius 1 is 1.21 bits per heavy atom. The van der Waals surface area contributed by atoms with Crippen molar-refractivity contribution in [2.75, 3.05) is 12.8 Å². The molecule has 2 aromatic carbocycles. The monoisotopic (exact) mass is 443 g/mol. The minimum absolute atomic E-state index is 0.0486. The highest BCUT2D eigenvalue weighted by Crippen LogP contribution is 2.45. The summed E-state index contributed by atoms with van der Waals surface area (Å²) >= 11 is 0. The van der Waals surface area contributed by atoms with Crippen molar-refractivity contribution < 1.29 is 14.2 Å². The molecule has 0 bridgehead atoms. The molecule has 1 saturated carbocycles. The van der Waals surface area contributed by atoms with Gasteiger partial charge in [0.1, 0.15) is 23.1 Å². The van der Waals surface area contributed by atoms with E-state index in [2.05, 4.69) is 9.94 Å². The van der Waals surface area contributed by atoms with Crippen LogP contribution in [0.25, 0.3) is 38.3 Å². The molecule has 1 aliphatic carbocycles. The Labute approximate surface area is 190 Å². The molecule has 1 fully saturated rings. The molecule has 1 aliphatic rings. The molecule has 0 spiro atoms. The number of aromatic nitrogens is 3. The van der Waals surface area contributed by atoms with Gasteiger partial charge in [-0.1, -0.05) is 18.2 Å². The van der Waals surface area contributed by atoms with E-state index in [1.54, 1.807) is 36.9 Å². The third-order valence-electron chi connectivity index (χ3n) is 6.12. The number of fused-ring (bicyclic) bond motifs is 1. The quantitative estimate of drug-likeness (QED) is 0.427. The Morgan fingerprint density at radius 2 is 2.00 bits per heavy atom. The van der Waals surface area contributed by atoms with Crippen molar-refractivity contribution in [2.45, 2.75) is 31.4 Å². The van der Waals surface area contributed by atoms with Gasteiger partial charge in [0.25, 0.3) is 5.69 Å². The topological polar surface area (TPSA) is 90.5 Å². The van der Waals surface area contributed by atoms with Gasteiger partial charge in [-0.25, -0.2) is 14.2 Å². The second kappa shape index (κ2) is 7.57. The second-order valence-electron chi connectivity index (χ2n) is 8.65. The van der Waals surface area contributed by atoms with E-state index in [9.17, 15) is 9.50 Å². The maximum absolute atomic E-state index is 13.8. The highest BCUT2D eigenvalue weighted by atomic mass is 19.1. The summed E-state index contributed by atoms with van der Waals surface area (Å²) in [4.78, 5) is 8.35. The molecule has 2 aromatic heterocycles. The smallest absolute Gasteiger partial charge is 0.254 e. The number of anilines is 1. The van der Waals surface area contributed by atoms with Gasteiger partial charge in [-0.3, -0.25) is 4.68 Å². The molecule has 5 rings (SSSR count). The van der Waals surface area contributed by atoms with Crippen LogP contribution in [0, 0.1) is 12.4 Å². The zero-order chi connectivity index (χ0) is 23.3. The van der Waals surface area contributed by atoms with Crippen LogP contribution in [0.15, 0.2) is 48.5 Å². The molecule has 3 N–H and O–H groups in total. The average Bonchev–Trinajstić information content (AvgIpc) is 3.12. The number of nitrogens with two attached hydrogens (primary N) is 1. The number of methoxy groups -OCH3 is 1. The highest BCUT2D eigenvalue weighted by Gasteiger charge is 2.41. The van der Waals surface area contributed by atoms with Crippen LogP contribution in [0.4, 0.5) is 15.9 Å². The number of aliphatic hydroxyl groups is 1. The van der Waals surface area contributed by atoms with E-state index in [1.807, 2.05) is 18.2 Å². The van der Waals surface area contributed by atoms with Gasteiger partial charge in [0.2, 0.25) is 0 Å². The number of hydrogen-bond acceptors (Lipinski definition) is 5. The number of nitrogens with zero attached hydrogens (tertiary/aromatic N) is 4. The number of nitrogen functional groups attached to an aromatic ring is 1. The standard InChI is InChI=1S/C25H22FN5O2/c1-25(32)12-17(13-25)31-24(27)23(28-2)22(30-31)15-7-8-18-20(10-15)29-19(11-21(18)33-3)14-5-4-6-16(26)9-14/h4-11,17,32H,12-13,27H2,1,3H3. The summed E-state index contributed by atoms with van der Waals surface area (Å²) in [5, 5.41) is 15.5. The molecule has 4 aromatic rings. The number of halogens is 1. The van der Waals surface area contributed by atoms with Gasteiger partial charge in [-0.05, 0) is 49.6 Å². The number of rotatable bonds is 4. The van der Waals surface area contributed by atoms with Gasteiger partial charge >= 0.3 is 0 Å². The normalized spacial score (nSPS) is 19.8. The van der Waals surface area contributed by atoms with Crippen LogP contribution in [0.1, 0.15) is 25.8 Å². The van der Waals surface area contributed by atoms with E-state index in [4.69, 9.17) is 22.0 Å². The second-order valence-corrected chi connectivity index (χ2v) is 8.65. The van der Waals surface area contributed by atoms with E-state index in [0.717, 1.165) is 5.39 Å². The third kappa shape index (κ3) is 3.56. The van der Waals surface area contributed by atoms with E-state index in [1.165, 1.54) is 12.1 Å². The molecule has 0 unspecified atom stereocenters. The van der Waals surface area contributed by atoms with Crippen LogP contribution in [0.2, 0.25) is 0 Å². The maximum atomic E-state index is 13.8. The van der Waals surface area contributed by atoms with E-state index >= 15 is 0 Å². The lowest BCUT2D eigenvalue weighted by atomic mass is 9.77. The van der Waals surface area contributed by atoms with Crippen molar-refractivity contribution in [3.05, 3.63) is 65.8 Å². The first-order valence-electron chi connectivity index (χ1n) is 10.5. The highest BCUT2D eigenvalue weighted by molar-refractivity contribution is 5.93.